The van der Waals surface area contributed by atoms with Crippen molar-refractivity contribution in [3.05, 3.63) is 57.6 Å². The zero-order valence-corrected chi connectivity index (χ0v) is 13.4. The molecule has 0 aliphatic heterocycles. The lowest BCUT2D eigenvalue weighted by Gasteiger charge is -2.13. The number of ether oxygens (including phenoxy) is 1. The molecular formula is C18H18O5. The first-order valence-corrected chi connectivity index (χ1v) is 7.07. The number of carboxylic acid groups (broad SMARTS) is 1. The van der Waals surface area contributed by atoms with E-state index in [4.69, 9.17) is 9.84 Å². The molecular weight excluding hydrogens is 296 g/mol. The van der Waals surface area contributed by atoms with Gasteiger partial charge in [0.2, 0.25) is 0 Å². The second kappa shape index (κ2) is 6.12. The molecule has 0 bridgehead atoms. The van der Waals surface area contributed by atoms with Gasteiger partial charge in [-0.25, -0.2) is 9.59 Å². The number of benzene rings is 2. The average molecular weight is 314 g/mol. The fourth-order valence-electron chi connectivity index (χ4n) is 2.46. The third-order valence-corrected chi connectivity index (χ3v) is 3.63. The molecule has 5 nitrogen and oxygen atoms in total. The summed E-state index contributed by atoms with van der Waals surface area (Å²) in [7, 11) is 0. The lowest BCUT2D eigenvalue weighted by atomic mass is 10.0. The molecule has 2 aromatic carbocycles. The second-order valence-corrected chi connectivity index (χ2v) is 5.59. The summed E-state index contributed by atoms with van der Waals surface area (Å²) in [5.74, 6) is -1.08. The lowest BCUT2D eigenvalue weighted by molar-refractivity contribution is 0.0696. The minimum absolute atomic E-state index is 0.149. The smallest absolute Gasteiger partial charge is 0.343 e. The Hall–Kier alpha value is -2.82. The van der Waals surface area contributed by atoms with Gasteiger partial charge in [0, 0.05) is 0 Å². The van der Waals surface area contributed by atoms with Crippen LogP contribution in [0.15, 0.2) is 24.3 Å². The summed E-state index contributed by atoms with van der Waals surface area (Å²) in [5, 5.41) is 18.8. The molecule has 0 unspecified atom stereocenters. The molecule has 120 valence electrons. The summed E-state index contributed by atoms with van der Waals surface area (Å²) in [6, 6.07) is 6.04. The van der Waals surface area contributed by atoms with Crippen LogP contribution in [0.25, 0.3) is 0 Å². The van der Waals surface area contributed by atoms with Crippen molar-refractivity contribution in [3.63, 3.8) is 0 Å². The third kappa shape index (κ3) is 3.34. The van der Waals surface area contributed by atoms with E-state index in [9.17, 15) is 14.7 Å². The van der Waals surface area contributed by atoms with E-state index < -0.39 is 11.9 Å². The molecule has 0 aliphatic carbocycles. The Morgan fingerprint density at radius 2 is 1.26 bits per heavy atom. The van der Waals surface area contributed by atoms with E-state index in [1.165, 1.54) is 12.1 Å². The molecule has 0 heterocycles. The molecule has 0 aliphatic rings. The Morgan fingerprint density at radius 1 is 0.826 bits per heavy atom. The monoisotopic (exact) mass is 314 g/mol. The second-order valence-electron chi connectivity index (χ2n) is 5.59. The van der Waals surface area contributed by atoms with Gasteiger partial charge in [0.25, 0.3) is 0 Å². The van der Waals surface area contributed by atoms with Crippen molar-refractivity contribution in [1.29, 1.82) is 0 Å². The van der Waals surface area contributed by atoms with Crippen molar-refractivity contribution in [3.8, 4) is 11.5 Å². The highest BCUT2D eigenvalue weighted by atomic mass is 16.5. The van der Waals surface area contributed by atoms with Crippen molar-refractivity contribution in [2.75, 3.05) is 0 Å². The number of esters is 1. The molecule has 0 saturated heterocycles. The van der Waals surface area contributed by atoms with Crippen molar-refractivity contribution in [1.82, 2.24) is 0 Å². The molecule has 0 radical (unpaired) electrons. The summed E-state index contributed by atoms with van der Waals surface area (Å²) >= 11 is 0. The molecule has 0 saturated carbocycles. The average Bonchev–Trinajstić information content (AvgIpc) is 2.47. The highest BCUT2D eigenvalue weighted by molar-refractivity contribution is 5.93. The Kier molecular flexibility index (Phi) is 4.40. The van der Waals surface area contributed by atoms with Crippen LogP contribution < -0.4 is 4.74 Å². The van der Waals surface area contributed by atoms with Crippen molar-refractivity contribution < 1.29 is 24.5 Å². The number of phenolic OH excluding ortho intramolecular Hbond substituents is 1. The van der Waals surface area contributed by atoms with Crippen LogP contribution in [0, 0.1) is 27.7 Å². The normalized spacial score (nSPS) is 10.4. The van der Waals surface area contributed by atoms with Crippen LogP contribution in [0.4, 0.5) is 0 Å². The van der Waals surface area contributed by atoms with Crippen LogP contribution in [-0.2, 0) is 0 Å². The number of aryl methyl sites for hydroxylation is 4. The molecule has 0 atom stereocenters. The zero-order valence-electron chi connectivity index (χ0n) is 13.4. The highest BCUT2D eigenvalue weighted by Gasteiger charge is 2.16. The molecule has 0 aromatic heterocycles. The summed E-state index contributed by atoms with van der Waals surface area (Å²) in [5.41, 5.74) is 2.80. The lowest BCUT2D eigenvalue weighted by Crippen LogP contribution is -2.11. The fourth-order valence-corrected chi connectivity index (χ4v) is 2.46. The topological polar surface area (TPSA) is 83.8 Å². The molecule has 5 heteroatoms. The van der Waals surface area contributed by atoms with E-state index in [1.54, 1.807) is 39.8 Å². The molecule has 0 spiro atoms. The number of hydrogen-bond acceptors (Lipinski definition) is 4. The van der Waals surface area contributed by atoms with Gasteiger partial charge >= 0.3 is 11.9 Å². The largest absolute Gasteiger partial charge is 0.507 e. The van der Waals surface area contributed by atoms with Gasteiger partial charge in [0.15, 0.2) is 0 Å². The number of phenols is 1. The van der Waals surface area contributed by atoms with Gasteiger partial charge < -0.3 is 14.9 Å². The molecule has 2 N–H and O–H groups in total. The quantitative estimate of drug-likeness (QED) is 0.668. The Labute approximate surface area is 134 Å². The van der Waals surface area contributed by atoms with Gasteiger partial charge in [-0.15, -0.1) is 0 Å². The van der Waals surface area contributed by atoms with E-state index in [2.05, 4.69) is 0 Å². The minimum atomic E-state index is -1.03. The van der Waals surface area contributed by atoms with E-state index in [1.807, 2.05) is 0 Å². The summed E-state index contributed by atoms with van der Waals surface area (Å²) < 4.78 is 5.43. The molecule has 0 fully saturated rings. The predicted octanol–water partition coefficient (Wildman–Crippen LogP) is 3.54. The number of carbonyl (C=O) groups excluding carboxylic acids is 1. The summed E-state index contributed by atoms with van der Waals surface area (Å²) in [6.45, 7) is 6.79. The number of aromatic hydroxyl groups is 1. The summed E-state index contributed by atoms with van der Waals surface area (Å²) in [4.78, 5) is 23.4. The van der Waals surface area contributed by atoms with Gasteiger partial charge in [-0.05, 0) is 74.2 Å². The van der Waals surface area contributed by atoms with Crippen molar-refractivity contribution in [2.24, 2.45) is 0 Å². The molecule has 2 aromatic rings. The fraction of sp³-hybridized carbons (Fsp3) is 0.222. The van der Waals surface area contributed by atoms with E-state index in [-0.39, 0.29) is 11.3 Å². The maximum absolute atomic E-state index is 12.3. The SMILES string of the molecule is Cc1cc(C(=O)Oc2c(C)cc(C(=O)O)cc2C)cc(C)c1O. The van der Waals surface area contributed by atoms with E-state index in [0.29, 0.717) is 33.6 Å². The predicted molar refractivity (Wildman–Crippen MR) is 85.4 cm³/mol. The van der Waals surface area contributed by atoms with Gasteiger partial charge in [-0.1, -0.05) is 0 Å². The van der Waals surface area contributed by atoms with Crippen LogP contribution in [0.5, 0.6) is 11.5 Å². The maximum atomic E-state index is 12.3. The first kappa shape index (κ1) is 16.5. The first-order valence-electron chi connectivity index (χ1n) is 7.07. The van der Waals surface area contributed by atoms with Gasteiger partial charge in [0.05, 0.1) is 11.1 Å². The van der Waals surface area contributed by atoms with Crippen molar-refractivity contribution in [2.45, 2.75) is 27.7 Å². The van der Waals surface area contributed by atoms with Crippen LogP contribution in [-0.4, -0.2) is 22.2 Å². The molecule has 0 amide bonds. The van der Waals surface area contributed by atoms with Crippen LogP contribution in [0.2, 0.25) is 0 Å². The summed E-state index contributed by atoms with van der Waals surface area (Å²) in [6.07, 6.45) is 0. The van der Waals surface area contributed by atoms with Crippen LogP contribution >= 0.6 is 0 Å². The Bertz CT molecular complexity index is 759. The number of carboxylic acids is 1. The van der Waals surface area contributed by atoms with E-state index in [0.717, 1.165) is 0 Å². The number of aromatic carboxylic acids is 1. The van der Waals surface area contributed by atoms with Crippen molar-refractivity contribution >= 4 is 11.9 Å². The number of carbonyl (C=O) groups is 2. The minimum Gasteiger partial charge on any atom is -0.507 e. The Morgan fingerprint density at radius 3 is 1.70 bits per heavy atom. The molecule has 2 rings (SSSR count). The van der Waals surface area contributed by atoms with Crippen LogP contribution in [0.3, 0.4) is 0 Å². The van der Waals surface area contributed by atoms with Crippen LogP contribution in [0.1, 0.15) is 43.0 Å². The first-order chi connectivity index (χ1) is 10.7. The Balaban J connectivity index is 2.36. The maximum Gasteiger partial charge on any atom is 0.343 e. The standard InChI is InChI=1S/C18H18O5/c1-9-5-14(6-10(2)15(9)19)18(22)23-16-11(3)7-13(17(20)21)8-12(16)4/h5-8,19H,1-4H3,(H,20,21). The van der Waals surface area contributed by atoms with Gasteiger partial charge in [0.1, 0.15) is 11.5 Å². The van der Waals surface area contributed by atoms with Gasteiger partial charge in [-0.2, -0.15) is 0 Å². The number of rotatable bonds is 3. The van der Waals surface area contributed by atoms with Gasteiger partial charge in [-0.3, -0.25) is 0 Å². The number of hydrogen-bond donors (Lipinski definition) is 2. The zero-order chi connectivity index (χ0) is 17.3. The highest BCUT2D eigenvalue weighted by Crippen LogP contribution is 2.27. The molecule has 23 heavy (non-hydrogen) atoms. The third-order valence-electron chi connectivity index (χ3n) is 3.63. The van der Waals surface area contributed by atoms with E-state index >= 15 is 0 Å².